The van der Waals surface area contributed by atoms with Gasteiger partial charge in [0.2, 0.25) is 0 Å². The van der Waals surface area contributed by atoms with Gasteiger partial charge in [-0.25, -0.2) is 0 Å². The van der Waals surface area contributed by atoms with Gasteiger partial charge in [-0.3, -0.25) is 4.79 Å². The molecule has 1 aromatic rings. The monoisotopic (exact) mass is 281 g/mol. The van der Waals surface area contributed by atoms with E-state index in [1.807, 2.05) is 24.3 Å². The molecule has 0 bridgehead atoms. The molecule has 0 unspecified atom stereocenters. The molecule has 2 rings (SSSR count). The Bertz CT molecular complexity index is 429. The molecule has 1 amide bonds. The van der Waals surface area contributed by atoms with Crippen molar-refractivity contribution in [3.63, 3.8) is 0 Å². The van der Waals surface area contributed by atoms with E-state index >= 15 is 0 Å². The highest BCUT2D eigenvalue weighted by atomic mass is 79.9. The molecule has 1 N–H and O–H groups in total. The molecule has 1 aliphatic rings. The number of alkyl halides is 1. The molecule has 0 radical (unpaired) electrons. The van der Waals surface area contributed by atoms with Crippen LogP contribution in [0.15, 0.2) is 24.3 Å². The molecule has 0 saturated carbocycles. The van der Waals surface area contributed by atoms with Gasteiger partial charge in [-0.15, -0.1) is 0 Å². The lowest BCUT2D eigenvalue weighted by molar-refractivity contribution is -0.118. The third kappa shape index (κ3) is 2.64. The Morgan fingerprint density at radius 1 is 1.50 bits per heavy atom. The molecule has 1 aromatic carbocycles. The van der Waals surface area contributed by atoms with E-state index in [1.165, 1.54) is 0 Å². The second-order valence-corrected chi connectivity index (χ2v) is 4.27. The summed E-state index contributed by atoms with van der Waals surface area (Å²) < 4.78 is 5.33. The Morgan fingerprint density at radius 3 is 3.19 bits per heavy atom. The standard InChI is InChI=1S/C12H12BrNO2/c13-6-2-1-3-9-4-5-10-11(7-9)16-8-12(15)14-10/h1,3-5,7H,2,6,8H2,(H,14,15). The third-order valence-electron chi connectivity index (χ3n) is 2.22. The molecule has 0 aromatic heterocycles. The lowest BCUT2D eigenvalue weighted by Gasteiger charge is -2.17. The number of hydrogen-bond donors (Lipinski definition) is 1. The van der Waals surface area contributed by atoms with Crippen molar-refractivity contribution in [2.45, 2.75) is 6.42 Å². The van der Waals surface area contributed by atoms with E-state index in [0.29, 0.717) is 0 Å². The van der Waals surface area contributed by atoms with Crippen molar-refractivity contribution in [1.29, 1.82) is 0 Å². The minimum absolute atomic E-state index is 0.0988. The van der Waals surface area contributed by atoms with Crippen molar-refractivity contribution in [3.05, 3.63) is 29.8 Å². The molecule has 0 saturated heterocycles. The second-order valence-electron chi connectivity index (χ2n) is 3.47. The zero-order valence-corrected chi connectivity index (χ0v) is 10.3. The maximum Gasteiger partial charge on any atom is 0.262 e. The Kier molecular flexibility index (Phi) is 3.62. The van der Waals surface area contributed by atoms with Crippen LogP contribution in [0.1, 0.15) is 12.0 Å². The lowest BCUT2D eigenvalue weighted by Crippen LogP contribution is -2.25. The summed E-state index contributed by atoms with van der Waals surface area (Å²) in [6.07, 6.45) is 5.13. The van der Waals surface area contributed by atoms with Crippen LogP contribution in [0.4, 0.5) is 5.69 Å². The molecular formula is C12H12BrNO2. The Hall–Kier alpha value is -1.29. The summed E-state index contributed by atoms with van der Waals surface area (Å²) in [6, 6.07) is 5.75. The fraction of sp³-hybridized carbons (Fsp3) is 0.250. The van der Waals surface area contributed by atoms with Crippen molar-refractivity contribution < 1.29 is 9.53 Å². The fourth-order valence-electron chi connectivity index (χ4n) is 1.48. The van der Waals surface area contributed by atoms with Crippen LogP contribution < -0.4 is 10.1 Å². The predicted molar refractivity (Wildman–Crippen MR) is 68.0 cm³/mol. The van der Waals surface area contributed by atoms with E-state index in [2.05, 4.69) is 27.3 Å². The normalized spacial score (nSPS) is 14.4. The molecule has 84 valence electrons. The molecule has 0 aliphatic carbocycles. The molecule has 4 heteroatoms. The van der Waals surface area contributed by atoms with Crippen molar-refractivity contribution in [1.82, 2.24) is 0 Å². The van der Waals surface area contributed by atoms with E-state index in [1.54, 1.807) is 0 Å². The van der Waals surface area contributed by atoms with Gasteiger partial charge in [0.15, 0.2) is 6.61 Å². The molecule has 1 aliphatic heterocycles. The topological polar surface area (TPSA) is 38.3 Å². The molecule has 0 fully saturated rings. The first-order valence-electron chi connectivity index (χ1n) is 5.09. The minimum atomic E-state index is -0.102. The first kappa shape index (κ1) is 11.2. The van der Waals surface area contributed by atoms with Gasteiger partial charge in [0.1, 0.15) is 5.75 Å². The molecular weight excluding hydrogens is 270 g/mol. The highest BCUT2D eigenvalue weighted by Crippen LogP contribution is 2.28. The van der Waals surface area contributed by atoms with Crippen LogP contribution in [0, 0.1) is 0 Å². The number of ether oxygens (including phenoxy) is 1. The van der Waals surface area contributed by atoms with Crippen LogP contribution in [0.5, 0.6) is 5.75 Å². The summed E-state index contributed by atoms with van der Waals surface area (Å²) in [6.45, 7) is 0.0988. The molecule has 3 nitrogen and oxygen atoms in total. The average Bonchev–Trinajstić information content (AvgIpc) is 2.29. The number of benzene rings is 1. The van der Waals surface area contributed by atoms with Crippen LogP contribution in [-0.4, -0.2) is 17.8 Å². The maximum atomic E-state index is 11.1. The van der Waals surface area contributed by atoms with Crippen molar-refractivity contribution in [3.8, 4) is 5.75 Å². The van der Waals surface area contributed by atoms with Gasteiger partial charge in [0.25, 0.3) is 5.91 Å². The zero-order valence-electron chi connectivity index (χ0n) is 8.70. The maximum absolute atomic E-state index is 11.1. The number of hydrogen-bond acceptors (Lipinski definition) is 2. The number of halogens is 1. The van der Waals surface area contributed by atoms with Crippen LogP contribution in [0.3, 0.4) is 0 Å². The summed E-state index contributed by atoms with van der Waals surface area (Å²) >= 11 is 3.37. The number of nitrogens with one attached hydrogen (secondary N) is 1. The fourth-order valence-corrected chi connectivity index (χ4v) is 1.74. The number of amides is 1. The molecule has 0 spiro atoms. The van der Waals surface area contributed by atoms with Gasteiger partial charge in [-0.2, -0.15) is 0 Å². The van der Waals surface area contributed by atoms with E-state index in [4.69, 9.17) is 4.74 Å². The SMILES string of the molecule is O=C1COc2cc(C=CCCBr)ccc2N1. The summed E-state index contributed by atoms with van der Waals surface area (Å²) in [4.78, 5) is 11.1. The number of carbonyl (C=O) groups excluding carboxylic acids is 1. The van der Waals surface area contributed by atoms with E-state index in [-0.39, 0.29) is 12.5 Å². The van der Waals surface area contributed by atoms with Crippen LogP contribution >= 0.6 is 15.9 Å². The van der Waals surface area contributed by atoms with Gasteiger partial charge in [0, 0.05) is 5.33 Å². The summed E-state index contributed by atoms with van der Waals surface area (Å²) in [5, 5.41) is 3.72. The van der Waals surface area contributed by atoms with Gasteiger partial charge in [-0.05, 0) is 24.1 Å². The third-order valence-corrected chi connectivity index (χ3v) is 2.68. The van der Waals surface area contributed by atoms with Gasteiger partial charge in [-0.1, -0.05) is 34.1 Å². The van der Waals surface area contributed by atoms with Crippen molar-refractivity contribution in [2.24, 2.45) is 0 Å². The number of allylic oxidation sites excluding steroid dienone is 1. The van der Waals surface area contributed by atoms with Gasteiger partial charge in [0.05, 0.1) is 5.69 Å². The average molecular weight is 282 g/mol. The van der Waals surface area contributed by atoms with Crippen LogP contribution in [0.2, 0.25) is 0 Å². The van der Waals surface area contributed by atoms with E-state index in [9.17, 15) is 4.79 Å². The Balaban J connectivity index is 2.16. The Morgan fingerprint density at radius 2 is 2.38 bits per heavy atom. The van der Waals surface area contributed by atoms with Gasteiger partial charge >= 0.3 is 0 Å². The van der Waals surface area contributed by atoms with Crippen LogP contribution in [-0.2, 0) is 4.79 Å². The van der Waals surface area contributed by atoms with Crippen molar-refractivity contribution >= 4 is 33.6 Å². The first-order chi connectivity index (χ1) is 7.79. The number of carbonyl (C=O) groups is 1. The number of anilines is 1. The highest BCUT2D eigenvalue weighted by molar-refractivity contribution is 9.09. The lowest BCUT2D eigenvalue weighted by atomic mass is 10.1. The quantitative estimate of drug-likeness (QED) is 0.866. The Labute approximate surface area is 103 Å². The van der Waals surface area contributed by atoms with E-state index < -0.39 is 0 Å². The molecule has 0 atom stereocenters. The number of fused-ring (bicyclic) bond motifs is 1. The minimum Gasteiger partial charge on any atom is -0.482 e. The van der Waals surface area contributed by atoms with Gasteiger partial charge < -0.3 is 10.1 Å². The summed E-state index contributed by atoms with van der Waals surface area (Å²) in [5.74, 6) is 0.635. The zero-order chi connectivity index (χ0) is 11.4. The molecule has 1 heterocycles. The van der Waals surface area contributed by atoms with Crippen LogP contribution in [0.25, 0.3) is 6.08 Å². The largest absolute Gasteiger partial charge is 0.482 e. The highest BCUT2D eigenvalue weighted by Gasteiger charge is 2.15. The second kappa shape index (κ2) is 5.16. The van der Waals surface area contributed by atoms with Crippen molar-refractivity contribution in [2.75, 3.05) is 17.3 Å². The number of rotatable bonds is 3. The smallest absolute Gasteiger partial charge is 0.262 e. The molecule has 16 heavy (non-hydrogen) atoms. The summed E-state index contributed by atoms with van der Waals surface area (Å²) in [5.41, 5.74) is 1.82. The predicted octanol–water partition coefficient (Wildman–Crippen LogP) is 2.82. The van der Waals surface area contributed by atoms with E-state index in [0.717, 1.165) is 28.8 Å². The summed E-state index contributed by atoms with van der Waals surface area (Å²) in [7, 11) is 0. The first-order valence-corrected chi connectivity index (χ1v) is 6.21.